The van der Waals surface area contributed by atoms with Crippen molar-refractivity contribution in [3.63, 3.8) is 0 Å². The van der Waals surface area contributed by atoms with E-state index in [4.69, 9.17) is 0 Å². The minimum atomic E-state index is -0.429. The summed E-state index contributed by atoms with van der Waals surface area (Å²) in [5, 5.41) is 10.9. The number of nitrogens with one attached hydrogen (secondary N) is 1. The molecule has 21 heavy (non-hydrogen) atoms. The molecule has 1 aliphatic rings. The molecular formula is C19H24NO+. The Kier molecular flexibility index (Phi) is 4.69. The van der Waals surface area contributed by atoms with Crippen LogP contribution in [-0.4, -0.2) is 24.7 Å². The molecule has 1 aliphatic heterocycles. The Morgan fingerprint density at radius 3 is 1.90 bits per heavy atom. The van der Waals surface area contributed by atoms with Gasteiger partial charge in [-0.15, -0.1) is 0 Å². The van der Waals surface area contributed by atoms with Gasteiger partial charge in [0.1, 0.15) is 0 Å². The Labute approximate surface area is 127 Å². The predicted octanol–water partition coefficient (Wildman–Crippen LogP) is 2.18. The van der Waals surface area contributed by atoms with Gasteiger partial charge in [0.25, 0.3) is 0 Å². The van der Waals surface area contributed by atoms with Crippen LogP contribution in [0.25, 0.3) is 0 Å². The zero-order valence-electron chi connectivity index (χ0n) is 12.4. The summed E-state index contributed by atoms with van der Waals surface area (Å²) in [5.74, 6) is 0.168. The average Bonchev–Trinajstić information content (AvgIpc) is 3.07. The van der Waals surface area contributed by atoms with Crippen LogP contribution in [0.4, 0.5) is 0 Å². The molecule has 3 rings (SSSR count). The SMILES string of the molecule is O[C@H](c1ccccc1)[C@@H](C[NH+]1CCCC1)c1ccccc1. The molecule has 2 atom stereocenters. The van der Waals surface area contributed by atoms with Gasteiger partial charge in [-0.25, -0.2) is 0 Å². The first-order chi connectivity index (χ1) is 10.3. The second-order valence-electron chi connectivity index (χ2n) is 6.03. The lowest BCUT2D eigenvalue weighted by Crippen LogP contribution is -3.10. The smallest absolute Gasteiger partial charge is 0.0912 e. The van der Waals surface area contributed by atoms with E-state index in [0.717, 1.165) is 12.1 Å². The Hall–Kier alpha value is -1.64. The van der Waals surface area contributed by atoms with E-state index in [1.54, 1.807) is 4.90 Å². The summed E-state index contributed by atoms with van der Waals surface area (Å²) < 4.78 is 0. The molecule has 1 heterocycles. The van der Waals surface area contributed by atoms with Gasteiger partial charge in [-0.05, 0) is 11.1 Å². The molecule has 0 spiro atoms. The second kappa shape index (κ2) is 6.88. The van der Waals surface area contributed by atoms with E-state index in [-0.39, 0.29) is 5.92 Å². The van der Waals surface area contributed by atoms with Crippen LogP contribution in [-0.2, 0) is 0 Å². The Morgan fingerprint density at radius 2 is 1.33 bits per heavy atom. The number of aliphatic hydroxyl groups is 1. The minimum absolute atomic E-state index is 0.168. The monoisotopic (exact) mass is 282 g/mol. The number of benzene rings is 2. The van der Waals surface area contributed by atoms with Crippen LogP contribution in [0, 0.1) is 0 Å². The molecule has 2 heteroatoms. The van der Waals surface area contributed by atoms with Crippen molar-refractivity contribution < 1.29 is 10.0 Å². The zero-order valence-corrected chi connectivity index (χ0v) is 12.4. The first-order valence-corrected chi connectivity index (χ1v) is 7.96. The normalized spacial score (nSPS) is 18.5. The third kappa shape index (κ3) is 3.52. The summed E-state index contributed by atoms with van der Waals surface area (Å²) >= 11 is 0. The maximum atomic E-state index is 10.9. The molecule has 2 aromatic rings. The van der Waals surface area contributed by atoms with Crippen LogP contribution in [0.15, 0.2) is 60.7 Å². The summed E-state index contributed by atoms with van der Waals surface area (Å²) in [4.78, 5) is 1.62. The molecule has 0 unspecified atom stereocenters. The second-order valence-corrected chi connectivity index (χ2v) is 6.03. The Bertz CT molecular complexity index is 534. The quantitative estimate of drug-likeness (QED) is 0.863. The first kappa shape index (κ1) is 14.3. The van der Waals surface area contributed by atoms with Gasteiger partial charge < -0.3 is 10.0 Å². The van der Waals surface area contributed by atoms with Crippen LogP contribution in [0.2, 0.25) is 0 Å². The van der Waals surface area contributed by atoms with Crippen molar-refractivity contribution in [1.29, 1.82) is 0 Å². The maximum Gasteiger partial charge on any atom is 0.0912 e. The third-order valence-electron chi connectivity index (χ3n) is 4.57. The van der Waals surface area contributed by atoms with Crippen LogP contribution in [0.5, 0.6) is 0 Å². The molecule has 0 aliphatic carbocycles. The third-order valence-corrected chi connectivity index (χ3v) is 4.57. The summed E-state index contributed by atoms with van der Waals surface area (Å²) in [7, 11) is 0. The fraction of sp³-hybridized carbons (Fsp3) is 0.368. The summed E-state index contributed by atoms with van der Waals surface area (Å²) in [6.45, 7) is 3.50. The summed E-state index contributed by atoms with van der Waals surface area (Å²) in [5.41, 5.74) is 2.26. The highest BCUT2D eigenvalue weighted by Gasteiger charge is 2.28. The molecule has 110 valence electrons. The molecular weight excluding hydrogens is 258 g/mol. The molecule has 0 saturated carbocycles. The lowest BCUT2D eigenvalue weighted by atomic mass is 9.88. The largest absolute Gasteiger partial charge is 0.388 e. The Morgan fingerprint density at radius 1 is 0.810 bits per heavy atom. The average molecular weight is 282 g/mol. The molecule has 0 bridgehead atoms. The van der Waals surface area contributed by atoms with Gasteiger partial charge in [0.2, 0.25) is 0 Å². The van der Waals surface area contributed by atoms with E-state index >= 15 is 0 Å². The predicted molar refractivity (Wildman–Crippen MR) is 85.4 cm³/mol. The highest BCUT2D eigenvalue weighted by Crippen LogP contribution is 2.29. The van der Waals surface area contributed by atoms with Crippen molar-refractivity contribution in [2.75, 3.05) is 19.6 Å². The van der Waals surface area contributed by atoms with E-state index in [0.29, 0.717) is 0 Å². The Balaban J connectivity index is 1.84. The standard InChI is InChI=1S/C19H23NO/c21-19(17-11-5-2-6-12-17)18(15-20-13-7-8-14-20)16-9-3-1-4-10-16/h1-6,9-12,18-19,21H,7-8,13-15H2/p+1/t18-,19+/m0/s1. The number of likely N-dealkylation sites (tertiary alicyclic amines) is 1. The number of rotatable bonds is 5. The van der Waals surface area contributed by atoms with Gasteiger partial charge in [0.05, 0.1) is 31.7 Å². The van der Waals surface area contributed by atoms with Crippen LogP contribution in [0.3, 0.4) is 0 Å². The number of quaternary nitrogens is 1. The zero-order chi connectivity index (χ0) is 14.5. The molecule has 0 aromatic heterocycles. The number of aliphatic hydroxyl groups excluding tert-OH is 1. The first-order valence-electron chi connectivity index (χ1n) is 7.96. The van der Waals surface area contributed by atoms with Gasteiger partial charge in [-0.3, -0.25) is 0 Å². The van der Waals surface area contributed by atoms with Crippen molar-refractivity contribution in [2.45, 2.75) is 24.9 Å². The fourth-order valence-electron chi connectivity index (χ4n) is 3.38. The van der Waals surface area contributed by atoms with Gasteiger partial charge in [-0.1, -0.05) is 60.7 Å². The maximum absolute atomic E-state index is 10.9. The molecule has 1 saturated heterocycles. The molecule has 2 nitrogen and oxygen atoms in total. The molecule has 0 amide bonds. The van der Waals surface area contributed by atoms with E-state index in [1.807, 2.05) is 36.4 Å². The summed E-state index contributed by atoms with van der Waals surface area (Å²) in [6.07, 6.45) is 2.21. The fourth-order valence-corrected chi connectivity index (χ4v) is 3.38. The molecule has 2 N–H and O–H groups in total. The van der Waals surface area contributed by atoms with Gasteiger partial charge in [-0.2, -0.15) is 0 Å². The lowest BCUT2D eigenvalue weighted by molar-refractivity contribution is -0.889. The van der Waals surface area contributed by atoms with E-state index in [2.05, 4.69) is 24.3 Å². The van der Waals surface area contributed by atoms with Crippen LogP contribution in [0.1, 0.15) is 36.0 Å². The molecule has 2 aromatic carbocycles. The topological polar surface area (TPSA) is 24.7 Å². The van der Waals surface area contributed by atoms with Crippen molar-refractivity contribution in [1.82, 2.24) is 0 Å². The molecule has 0 radical (unpaired) electrons. The highest BCUT2D eigenvalue weighted by molar-refractivity contribution is 5.26. The highest BCUT2D eigenvalue weighted by atomic mass is 16.3. The van der Waals surface area contributed by atoms with Crippen molar-refractivity contribution >= 4 is 0 Å². The summed E-state index contributed by atoms with van der Waals surface area (Å²) in [6, 6.07) is 20.5. The van der Waals surface area contributed by atoms with E-state index in [9.17, 15) is 5.11 Å². The lowest BCUT2D eigenvalue weighted by Gasteiger charge is -2.26. The van der Waals surface area contributed by atoms with Crippen LogP contribution >= 0.6 is 0 Å². The van der Waals surface area contributed by atoms with Crippen molar-refractivity contribution in [3.05, 3.63) is 71.8 Å². The van der Waals surface area contributed by atoms with Gasteiger partial charge in [0.15, 0.2) is 0 Å². The number of hydrogen-bond donors (Lipinski definition) is 2. The number of hydrogen-bond acceptors (Lipinski definition) is 1. The van der Waals surface area contributed by atoms with Gasteiger partial charge in [0, 0.05) is 12.8 Å². The minimum Gasteiger partial charge on any atom is -0.388 e. The molecule has 1 fully saturated rings. The van der Waals surface area contributed by atoms with Crippen molar-refractivity contribution in [3.8, 4) is 0 Å². The van der Waals surface area contributed by atoms with Crippen molar-refractivity contribution in [2.24, 2.45) is 0 Å². The van der Waals surface area contributed by atoms with Crippen LogP contribution < -0.4 is 4.90 Å². The van der Waals surface area contributed by atoms with E-state index < -0.39 is 6.10 Å². The van der Waals surface area contributed by atoms with E-state index in [1.165, 1.54) is 31.5 Å². The van der Waals surface area contributed by atoms with Gasteiger partial charge >= 0.3 is 0 Å².